The summed E-state index contributed by atoms with van der Waals surface area (Å²) in [6.07, 6.45) is 6.08. The van der Waals surface area contributed by atoms with Gasteiger partial charge >= 0.3 is 5.97 Å². The molecule has 0 aliphatic heterocycles. The number of nitrogens with zero attached hydrogens (tertiary/aromatic N) is 3. The first kappa shape index (κ1) is 25.0. The van der Waals surface area contributed by atoms with Gasteiger partial charge in [0, 0.05) is 24.2 Å². The van der Waals surface area contributed by atoms with Crippen LogP contribution in [0.4, 0.5) is 0 Å². The van der Waals surface area contributed by atoms with Crippen molar-refractivity contribution in [1.82, 2.24) is 19.7 Å². The van der Waals surface area contributed by atoms with Crippen LogP contribution in [0.5, 0.6) is 0 Å². The van der Waals surface area contributed by atoms with Gasteiger partial charge in [0.1, 0.15) is 0 Å². The largest absolute Gasteiger partial charge is 0.478 e. The third kappa shape index (κ3) is 4.92. The molecule has 0 radical (unpaired) electrons. The fraction of sp³-hybridized carbons (Fsp3) is 0.0909. The number of fused-ring (bicyclic) bond motifs is 2. The number of aromatic nitrogens is 3. The van der Waals surface area contributed by atoms with Crippen molar-refractivity contribution in [2.75, 3.05) is 0 Å². The molecule has 3 aromatic carbocycles. The van der Waals surface area contributed by atoms with E-state index >= 15 is 0 Å². The minimum atomic E-state index is -0.987. The normalized spacial score (nSPS) is 11.9. The fourth-order valence-corrected chi connectivity index (χ4v) is 4.99. The molecule has 0 saturated heterocycles. The Kier molecular flexibility index (Phi) is 6.54. The summed E-state index contributed by atoms with van der Waals surface area (Å²) in [6.45, 7) is 1.88. The molecule has 0 unspecified atom stereocenters. The van der Waals surface area contributed by atoms with Gasteiger partial charge in [-0.3, -0.25) is 9.78 Å². The Balaban J connectivity index is 1.39. The van der Waals surface area contributed by atoms with Crippen LogP contribution >= 0.6 is 0 Å². The Labute approximate surface area is 230 Å². The SMILES string of the molecule is C[C@H](NC(=O)c1cc(-c2ccccc2)cn2cnc(Cc3ccc4ncccc4c3)c12)c1ccc(C(=O)O)cc1. The van der Waals surface area contributed by atoms with Crippen LogP contribution in [0.2, 0.25) is 0 Å². The molecule has 1 atom stereocenters. The number of hydrogen-bond donors (Lipinski definition) is 2. The number of benzene rings is 3. The first-order valence-electron chi connectivity index (χ1n) is 13.0. The number of carbonyl (C=O) groups is 2. The number of aromatic carboxylic acids is 1. The summed E-state index contributed by atoms with van der Waals surface area (Å²) in [7, 11) is 0. The highest BCUT2D eigenvalue weighted by atomic mass is 16.4. The first-order valence-corrected chi connectivity index (χ1v) is 13.0. The lowest BCUT2D eigenvalue weighted by Crippen LogP contribution is -2.27. The van der Waals surface area contributed by atoms with Crippen LogP contribution in [0, 0.1) is 0 Å². The van der Waals surface area contributed by atoms with Crippen LogP contribution < -0.4 is 5.32 Å². The van der Waals surface area contributed by atoms with Crippen LogP contribution in [0.25, 0.3) is 27.5 Å². The maximum absolute atomic E-state index is 13.8. The lowest BCUT2D eigenvalue weighted by Gasteiger charge is -2.16. The lowest BCUT2D eigenvalue weighted by molar-refractivity contribution is 0.0696. The number of carboxylic acids is 1. The smallest absolute Gasteiger partial charge is 0.335 e. The van der Waals surface area contributed by atoms with E-state index in [1.165, 1.54) is 0 Å². The molecule has 1 amide bonds. The quantitative estimate of drug-likeness (QED) is 0.253. The van der Waals surface area contributed by atoms with E-state index in [1.807, 2.05) is 78.2 Å². The molecular formula is C33H26N4O3. The van der Waals surface area contributed by atoms with Crippen molar-refractivity contribution >= 4 is 28.3 Å². The molecular weight excluding hydrogens is 500 g/mol. The average Bonchev–Trinajstić information content (AvgIpc) is 3.39. The molecule has 6 aromatic rings. The predicted molar refractivity (Wildman–Crippen MR) is 154 cm³/mol. The summed E-state index contributed by atoms with van der Waals surface area (Å²) in [4.78, 5) is 34.2. The molecule has 0 aliphatic carbocycles. The van der Waals surface area contributed by atoms with E-state index in [0.717, 1.165) is 44.4 Å². The zero-order valence-electron chi connectivity index (χ0n) is 21.8. The van der Waals surface area contributed by atoms with Gasteiger partial charge < -0.3 is 14.8 Å². The summed E-state index contributed by atoms with van der Waals surface area (Å²) in [5, 5.41) is 13.4. The zero-order valence-corrected chi connectivity index (χ0v) is 21.8. The number of nitrogens with one attached hydrogen (secondary N) is 1. The molecule has 196 valence electrons. The number of carbonyl (C=O) groups excluding carboxylic acids is 1. The van der Waals surface area contributed by atoms with Gasteiger partial charge in [-0.1, -0.05) is 54.6 Å². The zero-order chi connectivity index (χ0) is 27.6. The van der Waals surface area contributed by atoms with Crippen LogP contribution in [-0.4, -0.2) is 31.4 Å². The molecule has 0 saturated carbocycles. The highest BCUT2D eigenvalue weighted by Crippen LogP contribution is 2.27. The van der Waals surface area contributed by atoms with E-state index < -0.39 is 5.97 Å². The fourth-order valence-electron chi connectivity index (χ4n) is 4.99. The number of carboxylic acid groups (broad SMARTS) is 1. The van der Waals surface area contributed by atoms with Gasteiger partial charge in [0.25, 0.3) is 5.91 Å². The molecule has 0 fully saturated rings. The first-order chi connectivity index (χ1) is 19.5. The van der Waals surface area contributed by atoms with Gasteiger partial charge in [-0.2, -0.15) is 0 Å². The van der Waals surface area contributed by atoms with Crippen molar-refractivity contribution in [3.05, 3.63) is 138 Å². The Morgan fingerprint density at radius 1 is 0.900 bits per heavy atom. The van der Waals surface area contributed by atoms with Gasteiger partial charge in [0.05, 0.1) is 40.2 Å². The van der Waals surface area contributed by atoms with Crippen molar-refractivity contribution in [2.45, 2.75) is 19.4 Å². The standard InChI is InChI=1S/C33H26N4O3/c1-21(23-10-12-25(13-11-23)33(39)40)36-32(38)28-18-27(24-6-3-2-4-7-24)19-37-20-35-30(31(28)37)17-22-9-14-29-26(16-22)8-5-15-34-29/h2-16,18-21H,17H2,1H3,(H,36,38)(H,39,40)/t21-/m0/s1. The Bertz CT molecular complexity index is 1860. The summed E-state index contributed by atoms with van der Waals surface area (Å²) in [6, 6.07) is 28.1. The van der Waals surface area contributed by atoms with Crippen LogP contribution in [0.3, 0.4) is 0 Å². The Hall–Kier alpha value is -5.30. The molecule has 6 rings (SSSR count). The highest BCUT2D eigenvalue weighted by molar-refractivity contribution is 6.03. The van der Waals surface area contributed by atoms with Gasteiger partial charge in [-0.05, 0) is 65.6 Å². The molecule has 2 N–H and O–H groups in total. The maximum Gasteiger partial charge on any atom is 0.335 e. The lowest BCUT2D eigenvalue weighted by atomic mass is 10.0. The van der Waals surface area contributed by atoms with Gasteiger partial charge in [-0.25, -0.2) is 9.78 Å². The van der Waals surface area contributed by atoms with Gasteiger partial charge in [0.2, 0.25) is 0 Å². The molecule has 7 heteroatoms. The number of rotatable bonds is 7. The van der Waals surface area contributed by atoms with Crippen molar-refractivity contribution in [2.24, 2.45) is 0 Å². The summed E-state index contributed by atoms with van der Waals surface area (Å²) in [5.74, 6) is -1.22. The summed E-state index contributed by atoms with van der Waals surface area (Å²) in [5.41, 5.74) is 6.98. The molecule has 40 heavy (non-hydrogen) atoms. The highest BCUT2D eigenvalue weighted by Gasteiger charge is 2.20. The van der Waals surface area contributed by atoms with E-state index in [0.29, 0.717) is 12.0 Å². The van der Waals surface area contributed by atoms with E-state index in [2.05, 4.69) is 16.4 Å². The second-order valence-corrected chi connectivity index (χ2v) is 9.79. The second kappa shape index (κ2) is 10.5. The Morgan fingerprint density at radius 2 is 1.70 bits per heavy atom. The topological polar surface area (TPSA) is 96.6 Å². The van der Waals surface area contributed by atoms with Crippen molar-refractivity contribution < 1.29 is 14.7 Å². The maximum atomic E-state index is 13.8. The van der Waals surface area contributed by atoms with Crippen molar-refractivity contribution in [3.8, 4) is 11.1 Å². The van der Waals surface area contributed by atoms with Crippen molar-refractivity contribution in [3.63, 3.8) is 0 Å². The predicted octanol–water partition coefficient (Wildman–Crippen LogP) is 6.33. The third-order valence-corrected chi connectivity index (χ3v) is 7.10. The number of hydrogen-bond acceptors (Lipinski definition) is 4. The van der Waals surface area contributed by atoms with E-state index in [-0.39, 0.29) is 17.5 Å². The second-order valence-electron chi connectivity index (χ2n) is 9.79. The van der Waals surface area contributed by atoms with Gasteiger partial charge in [0.15, 0.2) is 0 Å². The monoisotopic (exact) mass is 526 g/mol. The molecule has 0 spiro atoms. The van der Waals surface area contributed by atoms with Crippen LogP contribution in [0.1, 0.15) is 50.5 Å². The van der Waals surface area contributed by atoms with Crippen LogP contribution in [-0.2, 0) is 6.42 Å². The van der Waals surface area contributed by atoms with E-state index in [9.17, 15) is 14.7 Å². The molecule has 0 bridgehead atoms. The van der Waals surface area contributed by atoms with Crippen molar-refractivity contribution in [1.29, 1.82) is 0 Å². The number of amides is 1. The number of imidazole rings is 1. The van der Waals surface area contributed by atoms with Crippen LogP contribution in [0.15, 0.2) is 110 Å². The van der Waals surface area contributed by atoms with E-state index in [4.69, 9.17) is 4.98 Å². The summed E-state index contributed by atoms with van der Waals surface area (Å²) >= 11 is 0. The minimum absolute atomic E-state index is 0.202. The Morgan fingerprint density at radius 3 is 2.48 bits per heavy atom. The molecule has 3 heterocycles. The number of pyridine rings is 2. The summed E-state index contributed by atoms with van der Waals surface area (Å²) < 4.78 is 1.92. The molecule has 7 nitrogen and oxygen atoms in total. The third-order valence-electron chi connectivity index (χ3n) is 7.10. The molecule has 3 aromatic heterocycles. The van der Waals surface area contributed by atoms with Gasteiger partial charge in [-0.15, -0.1) is 0 Å². The average molecular weight is 527 g/mol. The van der Waals surface area contributed by atoms with E-state index in [1.54, 1.807) is 36.8 Å². The minimum Gasteiger partial charge on any atom is -0.478 e. The molecule has 0 aliphatic rings.